The molecule has 11 heavy (non-hydrogen) atoms. The number of hydrogen-bond acceptors (Lipinski definition) is 1. The molecule has 0 aromatic heterocycles. The van der Waals surface area contributed by atoms with Gasteiger partial charge >= 0.3 is 6.41 Å². The minimum atomic E-state index is 0.310. The zero-order valence-electron chi connectivity index (χ0n) is 7.98. The van der Waals surface area contributed by atoms with Gasteiger partial charge < -0.3 is 4.90 Å². The van der Waals surface area contributed by atoms with Crippen molar-refractivity contribution in [2.45, 2.75) is 34.1 Å². The summed E-state index contributed by atoms with van der Waals surface area (Å²) in [5.41, 5.74) is 0.310. The number of amides is 1. The number of nitrogens with zero attached hydrogens (tertiary/aromatic N) is 1. The van der Waals surface area contributed by atoms with Crippen molar-refractivity contribution in [3.8, 4) is 0 Å². The van der Waals surface area contributed by atoms with Gasteiger partial charge in [0.1, 0.15) is 0 Å². The zero-order valence-corrected chi connectivity index (χ0v) is 7.98. The van der Waals surface area contributed by atoms with Gasteiger partial charge in [-0.15, -0.1) is 0 Å². The third-order valence-corrected chi connectivity index (χ3v) is 1.64. The van der Waals surface area contributed by atoms with Crippen LogP contribution in [-0.2, 0) is 4.79 Å². The molecule has 2 heteroatoms. The van der Waals surface area contributed by atoms with Gasteiger partial charge in [-0.1, -0.05) is 20.8 Å². The van der Waals surface area contributed by atoms with Crippen molar-refractivity contribution in [3.63, 3.8) is 0 Å². The van der Waals surface area contributed by atoms with E-state index in [1.165, 1.54) is 0 Å². The molecule has 0 bridgehead atoms. The highest BCUT2D eigenvalue weighted by Gasteiger charge is 2.11. The topological polar surface area (TPSA) is 20.3 Å². The van der Waals surface area contributed by atoms with Crippen LogP contribution in [0.1, 0.15) is 34.1 Å². The highest BCUT2D eigenvalue weighted by molar-refractivity contribution is 5.47. The Bertz CT molecular complexity index is 115. The van der Waals surface area contributed by atoms with Gasteiger partial charge in [0, 0.05) is 13.1 Å². The van der Waals surface area contributed by atoms with Gasteiger partial charge in [0.2, 0.25) is 0 Å². The molecule has 0 heterocycles. The van der Waals surface area contributed by atoms with Crippen molar-refractivity contribution in [1.82, 2.24) is 4.90 Å². The first-order valence-corrected chi connectivity index (χ1v) is 4.12. The Morgan fingerprint density at radius 1 is 1.36 bits per heavy atom. The van der Waals surface area contributed by atoms with Crippen LogP contribution >= 0.6 is 0 Å². The summed E-state index contributed by atoms with van der Waals surface area (Å²) in [5.74, 6) is 0. The molecule has 1 amide bonds. The van der Waals surface area contributed by atoms with Crippen molar-refractivity contribution in [3.05, 3.63) is 0 Å². The van der Waals surface area contributed by atoms with Crippen LogP contribution in [0.5, 0.6) is 0 Å². The molecule has 2 nitrogen and oxygen atoms in total. The molecule has 0 saturated heterocycles. The van der Waals surface area contributed by atoms with Gasteiger partial charge in [0.05, 0.1) is 0 Å². The Hall–Kier alpha value is -0.530. The lowest BCUT2D eigenvalue weighted by atomic mass is 9.92. The minimum absolute atomic E-state index is 0.310. The molecule has 1 radical (unpaired) electrons. The van der Waals surface area contributed by atoms with E-state index in [2.05, 4.69) is 20.8 Å². The standard InChI is InChI=1S/C9H18NO/c1-5-10(8-11)7-6-9(2,3)4/h5-7H2,1-4H3. The summed E-state index contributed by atoms with van der Waals surface area (Å²) in [7, 11) is 0. The molecule has 0 atom stereocenters. The highest BCUT2D eigenvalue weighted by Crippen LogP contribution is 2.18. The highest BCUT2D eigenvalue weighted by atomic mass is 16.1. The summed E-state index contributed by atoms with van der Waals surface area (Å²) >= 11 is 0. The molecular weight excluding hydrogens is 138 g/mol. The summed E-state index contributed by atoms with van der Waals surface area (Å²) in [4.78, 5) is 11.9. The van der Waals surface area contributed by atoms with Gasteiger partial charge in [-0.05, 0) is 18.8 Å². The van der Waals surface area contributed by atoms with Crippen LogP contribution in [0.25, 0.3) is 0 Å². The number of rotatable bonds is 4. The molecule has 0 aliphatic carbocycles. The fourth-order valence-electron chi connectivity index (χ4n) is 0.739. The molecule has 0 rings (SSSR count). The van der Waals surface area contributed by atoms with Gasteiger partial charge in [-0.25, -0.2) is 0 Å². The maximum atomic E-state index is 10.3. The van der Waals surface area contributed by atoms with Crippen LogP contribution < -0.4 is 0 Å². The normalized spacial score (nSPS) is 11.3. The summed E-state index contributed by atoms with van der Waals surface area (Å²) in [6.07, 6.45) is 2.95. The van der Waals surface area contributed by atoms with Crippen molar-refractivity contribution in [1.29, 1.82) is 0 Å². The van der Waals surface area contributed by atoms with E-state index in [9.17, 15) is 4.79 Å². The Kier molecular flexibility index (Phi) is 4.16. The third-order valence-electron chi connectivity index (χ3n) is 1.64. The van der Waals surface area contributed by atoms with Crippen LogP contribution in [0.3, 0.4) is 0 Å². The van der Waals surface area contributed by atoms with Crippen molar-refractivity contribution < 1.29 is 4.79 Å². The third kappa shape index (κ3) is 5.89. The fourth-order valence-corrected chi connectivity index (χ4v) is 0.739. The largest absolute Gasteiger partial charge is 0.335 e. The first-order chi connectivity index (χ1) is 4.99. The Balaban J connectivity index is 3.59. The van der Waals surface area contributed by atoms with E-state index in [4.69, 9.17) is 0 Å². The fraction of sp³-hybridized carbons (Fsp3) is 0.889. The van der Waals surface area contributed by atoms with E-state index in [0.29, 0.717) is 5.41 Å². The van der Waals surface area contributed by atoms with Gasteiger partial charge in [0.25, 0.3) is 0 Å². The lowest BCUT2D eigenvalue weighted by Crippen LogP contribution is -2.25. The SMILES string of the molecule is CCN([C]=O)CCC(C)(C)C. The van der Waals surface area contributed by atoms with E-state index in [1.807, 2.05) is 13.3 Å². The molecule has 65 valence electrons. The molecule has 0 aliphatic heterocycles. The maximum Gasteiger partial charge on any atom is 0.312 e. The van der Waals surface area contributed by atoms with Gasteiger partial charge in [-0.3, -0.25) is 4.79 Å². The predicted octanol–water partition coefficient (Wildman–Crippen LogP) is 1.81. The van der Waals surface area contributed by atoms with Crippen LogP contribution in [0.15, 0.2) is 0 Å². The first kappa shape index (κ1) is 10.5. The molecule has 0 spiro atoms. The minimum Gasteiger partial charge on any atom is -0.335 e. The summed E-state index contributed by atoms with van der Waals surface area (Å²) < 4.78 is 0. The monoisotopic (exact) mass is 156 g/mol. The second-order valence-corrected chi connectivity index (χ2v) is 3.98. The molecule has 0 aromatic rings. The molecular formula is C9H18NO. The van der Waals surface area contributed by atoms with Crippen LogP contribution in [0.4, 0.5) is 0 Å². The zero-order chi connectivity index (χ0) is 8.91. The Morgan fingerprint density at radius 2 is 1.91 bits per heavy atom. The molecule has 0 fully saturated rings. The second kappa shape index (κ2) is 4.37. The number of hydrogen-bond donors (Lipinski definition) is 0. The maximum absolute atomic E-state index is 10.3. The van der Waals surface area contributed by atoms with E-state index in [-0.39, 0.29) is 0 Å². The summed E-state index contributed by atoms with van der Waals surface area (Å²) in [6.45, 7) is 10.1. The predicted molar refractivity (Wildman–Crippen MR) is 47.0 cm³/mol. The van der Waals surface area contributed by atoms with Crippen LogP contribution in [0, 0.1) is 5.41 Å². The average molecular weight is 156 g/mol. The quantitative estimate of drug-likeness (QED) is 0.568. The lowest BCUT2D eigenvalue weighted by molar-refractivity contribution is 0.303. The first-order valence-electron chi connectivity index (χ1n) is 4.12. The summed E-state index contributed by atoms with van der Waals surface area (Å²) in [6, 6.07) is 0. The summed E-state index contributed by atoms with van der Waals surface area (Å²) in [5, 5.41) is 0. The van der Waals surface area contributed by atoms with Crippen LogP contribution in [0.2, 0.25) is 0 Å². The van der Waals surface area contributed by atoms with E-state index < -0.39 is 0 Å². The lowest BCUT2D eigenvalue weighted by Gasteiger charge is -2.21. The van der Waals surface area contributed by atoms with Gasteiger partial charge in [-0.2, -0.15) is 0 Å². The Labute approximate surface area is 69.6 Å². The molecule has 0 aliphatic rings. The molecule has 0 unspecified atom stereocenters. The average Bonchev–Trinajstić information content (AvgIpc) is 1.88. The van der Waals surface area contributed by atoms with Crippen molar-refractivity contribution in [2.24, 2.45) is 5.41 Å². The molecule has 0 saturated carbocycles. The van der Waals surface area contributed by atoms with Crippen molar-refractivity contribution >= 4 is 6.41 Å². The molecule has 0 N–H and O–H groups in total. The second-order valence-electron chi connectivity index (χ2n) is 3.98. The van der Waals surface area contributed by atoms with E-state index in [1.54, 1.807) is 4.90 Å². The number of carbonyl (C=O) groups excluding carboxylic acids is 1. The smallest absolute Gasteiger partial charge is 0.312 e. The van der Waals surface area contributed by atoms with E-state index >= 15 is 0 Å². The van der Waals surface area contributed by atoms with E-state index in [0.717, 1.165) is 19.5 Å². The van der Waals surface area contributed by atoms with Crippen molar-refractivity contribution in [2.75, 3.05) is 13.1 Å². The molecule has 0 aromatic carbocycles. The van der Waals surface area contributed by atoms with Crippen LogP contribution in [-0.4, -0.2) is 24.4 Å². The van der Waals surface area contributed by atoms with Gasteiger partial charge in [0.15, 0.2) is 0 Å². The Morgan fingerprint density at radius 3 is 2.18 bits per heavy atom.